The molecule has 12 rings (SSSR count). The lowest BCUT2D eigenvalue weighted by molar-refractivity contribution is 0.669. The number of furan rings is 1. The van der Waals surface area contributed by atoms with Gasteiger partial charge in [-0.05, 0) is 81.9 Å². The molecule has 0 aliphatic heterocycles. The number of hydrogen-bond donors (Lipinski definition) is 0. The van der Waals surface area contributed by atoms with Gasteiger partial charge < -0.3 is 4.42 Å². The third-order valence-electron chi connectivity index (χ3n) is 12.2. The lowest BCUT2D eigenvalue weighted by Crippen LogP contribution is -2.02. The molecule has 3 aromatic heterocycles. The summed E-state index contributed by atoms with van der Waals surface area (Å²) in [4.78, 5) is 30.5. The number of nitriles is 1. The van der Waals surface area contributed by atoms with E-state index in [-0.39, 0.29) is 0 Å². The van der Waals surface area contributed by atoms with Gasteiger partial charge >= 0.3 is 0 Å². The van der Waals surface area contributed by atoms with Crippen molar-refractivity contribution >= 4 is 21.9 Å². The van der Waals surface area contributed by atoms with E-state index in [1.807, 2.05) is 127 Å². The van der Waals surface area contributed by atoms with Crippen molar-refractivity contribution in [3.8, 4) is 108 Å². The Morgan fingerprint density at radius 1 is 0.275 bits per heavy atom. The summed E-state index contributed by atoms with van der Waals surface area (Å²) >= 11 is 0. The molecule has 0 radical (unpaired) electrons. The number of hydrogen-bond acceptors (Lipinski definition) is 8. The van der Waals surface area contributed by atoms with E-state index in [1.165, 1.54) is 0 Å². The summed E-state index contributed by atoms with van der Waals surface area (Å²) in [5.41, 5.74) is 12.9. The highest BCUT2D eigenvalue weighted by Crippen LogP contribution is 2.38. The molecule has 0 aliphatic rings. The lowest BCUT2D eigenvalue weighted by atomic mass is 9.92. The molecule has 0 spiro atoms. The van der Waals surface area contributed by atoms with Gasteiger partial charge in [-0.3, -0.25) is 0 Å². The molecule has 9 aromatic carbocycles. The first-order chi connectivity index (χ1) is 34.1. The van der Waals surface area contributed by atoms with Crippen molar-refractivity contribution in [3.63, 3.8) is 0 Å². The number of nitrogens with zero attached hydrogens (tertiary/aromatic N) is 7. The fourth-order valence-electron chi connectivity index (χ4n) is 8.80. The Bertz CT molecular complexity index is 3850. The third-order valence-corrected chi connectivity index (χ3v) is 12.2. The average molecular weight is 884 g/mol. The topological polar surface area (TPSA) is 114 Å². The summed E-state index contributed by atoms with van der Waals surface area (Å²) in [6.07, 6.45) is 0. The molecule has 0 bridgehead atoms. The number of rotatable bonds is 9. The zero-order chi connectivity index (χ0) is 46.1. The Morgan fingerprint density at radius 3 is 1.26 bits per heavy atom. The second kappa shape index (κ2) is 17.6. The van der Waals surface area contributed by atoms with Crippen molar-refractivity contribution in [3.05, 3.63) is 230 Å². The molecule has 0 saturated heterocycles. The summed E-state index contributed by atoms with van der Waals surface area (Å²) in [7, 11) is 0. The van der Waals surface area contributed by atoms with Gasteiger partial charge in [-0.15, -0.1) is 0 Å². The van der Waals surface area contributed by atoms with E-state index in [1.54, 1.807) is 12.1 Å². The normalized spacial score (nSPS) is 11.2. The van der Waals surface area contributed by atoms with Crippen LogP contribution >= 0.6 is 0 Å². The first kappa shape index (κ1) is 40.8. The van der Waals surface area contributed by atoms with E-state index in [0.29, 0.717) is 51.6 Å². The Labute approximate surface area is 397 Å². The van der Waals surface area contributed by atoms with Crippen molar-refractivity contribution in [1.82, 2.24) is 29.9 Å². The van der Waals surface area contributed by atoms with Gasteiger partial charge in [0.1, 0.15) is 11.2 Å². The molecule has 8 heteroatoms. The van der Waals surface area contributed by atoms with Crippen LogP contribution in [0.15, 0.2) is 229 Å². The van der Waals surface area contributed by atoms with Crippen molar-refractivity contribution in [2.24, 2.45) is 0 Å². The first-order valence-electron chi connectivity index (χ1n) is 22.6. The summed E-state index contributed by atoms with van der Waals surface area (Å²) in [6.45, 7) is 0. The van der Waals surface area contributed by atoms with E-state index in [0.717, 1.165) is 77.6 Å². The Kier molecular flexibility index (Phi) is 10.4. The highest BCUT2D eigenvalue weighted by molar-refractivity contribution is 6.06. The van der Waals surface area contributed by atoms with Gasteiger partial charge in [0.25, 0.3) is 0 Å². The van der Waals surface area contributed by atoms with Crippen LogP contribution in [0.1, 0.15) is 5.56 Å². The van der Waals surface area contributed by atoms with Crippen molar-refractivity contribution in [1.29, 1.82) is 5.26 Å². The van der Waals surface area contributed by atoms with Crippen LogP contribution in [0.2, 0.25) is 0 Å². The minimum Gasteiger partial charge on any atom is -0.456 e. The molecule has 322 valence electrons. The SMILES string of the molecule is N#Cc1cc(-c2nc(-c3ccccc3)nc(-c3ccccc3)n2)cc(-c2nc(-c3cccc(-c4ccc5oc6ccccc6c5c4)c3)nc(-c3ccc(-c4ccccc4)c(-c4ccccc4)c3)n2)c1. The van der Waals surface area contributed by atoms with E-state index < -0.39 is 0 Å². The fourth-order valence-corrected chi connectivity index (χ4v) is 8.80. The molecule has 12 aromatic rings. The molecule has 3 heterocycles. The van der Waals surface area contributed by atoms with Crippen LogP contribution in [0, 0.1) is 11.3 Å². The number of benzene rings is 9. The summed E-state index contributed by atoms with van der Waals surface area (Å²) < 4.78 is 6.16. The van der Waals surface area contributed by atoms with Gasteiger partial charge in [0.15, 0.2) is 34.9 Å². The van der Waals surface area contributed by atoms with Gasteiger partial charge in [-0.1, -0.05) is 176 Å². The van der Waals surface area contributed by atoms with E-state index in [4.69, 9.17) is 34.3 Å². The van der Waals surface area contributed by atoms with E-state index in [2.05, 4.69) is 91.0 Å². The fraction of sp³-hybridized carbons (Fsp3) is 0. The second-order valence-electron chi connectivity index (χ2n) is 16.6. The van der Waals surface area contributed by atoms with Crippen molar-refractivity contribution < 1.29 is 4.42 Å². The van der Waals surface area contributed by atoms with Crippen LogP contribution in [0.25, 0.3) is 124 Å². The summed E-state index contributed by atoms with van der Waals surface area (Å²) in [6, 6.07) is 77.3. The predicted octanol–water partition coefficient (Wildman–Crippen LogP) is 14.8. The van der Waals surface area contributed by atoms with Crippen LogP contribution in [0.3, 0.4) is 0 Å². The van der Waals surface area contributed by atoms with Crippen molar-refractivity contribution in [2.75, 3.05) is 0 Å². The smallest absolute Gasteiger partial charge is 0.164 e. The average Bonchev–Trinajstić information content (AvgIpc) is 3.81. The van der Waals surface area contributed by atoms with Crippen LogP contribution < -0.4 is 0 Å². The zero-order valence-electron chi connectivity index (χ0n) is 36.9. The quantitative estimate of drug-likeness (QED) is 0.141. The van der Waals surface area contributed by atoms with Crippen LogP contribution in [-0.2, 0) is 0 Å². The van der Waals surface area contributed by atoms with E-state index in [9.17, 15) is 5.26 Å². The second-order valence-corrected chi connectivity index (χ2v) is 16.6. The van der Waals surface area contributed by atoms with Gasteiger partial charge in [0.05, 0.1) is 11.6 Å². The lowest BCUT2D eigenvalue weighted by Gasteiger charge is -2.14. The molecule has 0 aliphatic carbocycles. The standard InChI is InChI=1S/C61H37N7O/c62-38-39-32-48(60-64-56(42-20-9-3-10-21-42)63-57(65-60)43-22-11-4-12-23-43)35-49(33-39)61-67-58(46-25-15-24-44(34-46)45-29-31-55-53(36-45)51-26-13-14-27-54(51)69-55)66-59(68-61)47-28-30-50(40-16-5-1-6-17-40)52(37-47)41-18-7-2-8-19-41/h1-37H. The maximum Gasteiger partial charge on any atom is 0.164 e. The maximum atomic E-state index is 10.6. The molecule has 0 atom stereocenters. The Balaban J connectivity index is 1.04. The van der Waals surface area contributed by atoms with Crippen LogP contribution in [-0.4, -0.2) is 29.9 Å². The minimum absolute atomic E-state index is 0.388. The van der Waals surface area contributed by atoms with Gasteiger partial charge in [-0.2, -0.15) is 5.26 Å². The molecule has 0 unspecified atom stereocenters. The zero-order valence-corrected chi connectivity index (χ0v) is 36.9. The molecule has 0 saturated carbocycles. The molecule has 0 amide bonds. The summed E-state index contributed by atoms with van der Waals surface area (Å²) in [5.74, 6) is 2.78. The van der Waals surface area contributed by atoms with Gasteiger partial charge in [0.2, 0.25) is 0 Å². The highest BCUT2D eigenvalue weighted by Gasteiger charge is 2.19. The van der Waals surface area contributed by atoms with Gasteiger partial charge in [-0.25, -0.2) is 29.9 Å². The molecule has 0 fully saturated rings. The first-order valence-corrected chi connectivity index (χ1v) is 22.6. The van der Waals surface area contributed by atoms with Gasteiger partial charge in [0, 0.05) is 44.2 Å². The number of fused-ring (bicyclic) bond motifs is 3. The summed E-state index contributed by atoms with van der Waals surface area (Å²) in [5, 5.41) is 12.7. The molecular formula is C61H37N7O. The molecule has 0 N–H and O–H groups in total. The number of para-hydroxylation sites is 1. The monoisotopic (exact) mass is 883 g/mol. The van der Waals surface area contributed by atoms with Crippen molar-refractivity contribution in [2.45, 2.75) is 0 Å². The van der Waals surface area contributed by atoms with Crippen LogP contribution in [0.5, 0.6) is 0 Å². The Hall–Kier alpha value is -9.71. The van der Waals surface area contributed by atoms with Crippen LogP contribution in [0.4, 0.5) is 0 Å². The molecular weight excluding hydrogens is 847 g/mol. The highest BCUT2D eigenvalue weighted by atomic mass is 16.3. The Morgan fingerprint density at radius 2 is 0.681 bits per heavy atom. The third kappa shape index (κ3) is 8.07. The minimum atomic E-state index is 0.388. The maximum absolute atomic E-state index is 10.6. The molecule has 8 nitrogen and oxygen atoms in total. The largest absolute Gasteiger partial charge is 0.456 e. The number of aromatic nitrogens is 6. The van der Waals surface area contributed by atoms with E-state index >= 15 is 0 Å². The predicted molar refractivity (Wildman–Crippen MR) is 274 cm³/mol. The molecule has 69 heavy (non-hydrogen) atoms.